The summed E-state index contributed by atoms with van der Waals surface area (Å²) in [5.41, 5.74) is -1.53. The fourth-order valence-electron chi connectivity index (χ4n) is 4.71. The van der Waals surface area contributed by atoms with Crippen LogP contribution in [0.4, 0.5) is 24.5 Å². The predicted molar refractivity (Wildman–Crippen MR) is 134 cm³/mol. The Labute approximate surface area is 217 Å². The van der Waals surface area contributed by atoms with Gasteiger partial charge in [-0.2, -0.15) is 13.2 Å². The Morgan fingerprint density at radius 3 is 2.41 bits per heavy atom. The Bertz CT molecular complexity index is 1480. The average molecular weight is 548 g/mol. The van der Waals surface area contributed by atoms with Crippen molar-refractivity contribution in [2.75, 3.05) is 10.2 Å². The topological polar surface area (TPSA) is 88.5 Å². The van der Waals surface area contributed by atoms with Crippen molar-refractivity contribution in [1.29, 1.82) is 0 Å². The molecule has 1 aromatic heterocycles. The number of carbonyl (C=O) groups excluding carboxylic acids is 3. The van der Waals surface area contributed by atoms with Crippen LogP contribution in [0.15, 0.2) is 64.4 Å². The number of thioether (sulfide) groups is 1. The number of fused-ring (bicyclic) bond motifs is 2. The summed E-state index contributed by atoms with van der Waals surface area (Å²) >= 11 is 1.91. The summed E-state index contributed by atoms with van der Waals surface area (Å²) in [5.74, 6) is -2.60. The number of aromatic nitrogens is 1. The summed E-state index contributed by atoms with van der Waals surface area (Å²) in [5, 5.41) is 2.18. The third-order valence-corrected chi connectivity index (χ3v) is 9.32. The Morgan fingerprint density at radius 2 is 1.73 bits per heavy atom. The second-order valence-corrected chi connectivity index (χ2v) is 11.4. The van der Waals surface area contributed by atoms with Crippen LogP contribution in [0.5, 0.6) is 0 Å². The van der Waals surface area contributed by atoms with Gasteiger partial charge in [0.2, 0.25) is 17.7 Å². The molecule has 1 saturated heterocycles. The molecule has 192 valence electrons. The summed E-state index contributed by atoms with van der Waals surface area (Å²) < 4.78 is 41.1. The van der Waals surface area contributed by atoms with Gasteiger partial charge in [0.25, 0.3) is 0 Å². The highest BCUT2D eigenvalue weighted by Crippen LogP contribution is 2.54. The molecule has 2 unspecified atom stereocenters. The van der Waals surface area contributed by atoms with Crippen LogP contribution in [-0.4, -0.2) is 27.5 Å². The van der Waals surface area contributed by atoms with Crippen molar-refractivity contribution in [3.8, 4) is 0 Å². The van der Waals surface area contributed by atoms with Crippen LogP contribution in [0.2, 0.25) is 0 Å². The van der Waals surface area contributed by atoms with E-state index >= 15 is 0 Å². The Balaban J connectivity index is 1.48. The van der Waals surface area contributed by atoms with E-state index in [1.54, 1.807) is 44.2 Å². The number of benzene rings is 2. The van der Waals surface area contributed by atoms with Gasteiger partial charge < -0.3 is 5.32 Å². The molecule has 7 nitrogen and oxygen atoms in total. The normalized spacial score (nSPS) is 20.5. The molecule has 2 aromatic carbocycles. The number of rotatable bonds is 4. The number of halogens is 3. The molecule has 2 aliphatic heterocycles. The van der Waals surface area contributed by atoms with Crippen molar-refractivity contribution >= 4 is 52.2 Å². The molecule has 3 amide bonds. The number of amides is 3. The van der Waals surface area contributed by atoms with Crippen molar-refractivity contribution < 1.29 is 27.6 Å². The van der Waals surface area contributed by atoms with E-state index in [-0.39, 0.29) is 12.2 Å². The first-order chi connectivity index (χ1) is 17.4. The van der Waals surface area contributed by atoms with Gasteiger partial charge in [-0.25, -0.2) is 4.90 Å². The lowest BCUT2D eigenvalue weighted by Gasteiger charge is -2.36. The number of hydrogen-bond donors (Lipinski definition) is 1. The second kappa shape index (κ2) is 8.88. The monoisotopic (exact) mass is 547 g/mol. The van der Waals surface area contributed by atoms with E-state index in [1.807, 2.05) is 0 Å². The number of carbonyl (C=O) groups is 3. The zero-order chi connectivity index (χ0) is 26.7. The number of anilines is 2. The van der Waals surface area contributed by atoms with Crippen LogP contribution in [0, 0.1) is 5.92 Å². The number of imide groups is 1. The fourth-order valence-corrected chi connectivity index (χ4v) is 7.75. The van der Waals surface area contributed by atoms with Crippen LogP contribution < -0.4 is 15.1 Å². The quantitative estimate of drug-likeness (QED) is 0.486. The lowest BCUT2D eigenvalue weighted by atomic mass is 9.76. The van der Waals surface area contributed by atoms with E-state index in [1.165, 1.54) is 10.6 Å². The van der Waals surface area contributed by atoms with Gasteiger partial charge in [0.1, 0.15) is 11.8 Å². The molecule has 0 saturated carbocycles. The van der Waals surface area contributed by atoms with Gasteiger partial charge in [-0.3, -0.25) is 23.7 Å². The van der Waals surface area contributed by atoms with Gasteiger partial charge >= 0.3 is 11.0 Å². The van der Waals surface area contributed by atoms with E-state index in [4.69, 9.17) is 0 Å². The zero-order valence-corrected chi connectivity index (χ0v) is 21.2. The summed E-state index contributed by atoms with van der Waals surface area (Å²) in [6.07, 6.45) is -4.64. The lowest BCUT2D eigenvalue weighted by molar-refractivity contribution is -0.137. The van der Waals surface area contributed by atoms with Crippen molar-refractivity contribution in [2.45, 2.75) is 42.3 Å². The zero-order valence-electron chi connectivity index (χ0n) is 19.5. The third kappa shape index (κ3) is 4.27. The Hall–Kier alpha value is -3.38. The van der Waals surface area contributed by atoms with E-state index in [0.29, 0.717) is 15.6 Å². The molecule has 5 rings (SSSR count). The minimum atomic E-state index is -4.64. The molecule has 0 bridgehead atoms. The molecule has 2 aliphatic rings. The van der Waals surface area contributed by atoms with Gasteiger partial charge in [-0.05, 0) is 30.3 Å². The van der Waals surface area contributed by atoms with E-state index in [0.717, 1.165) is 46.2 Å². The number of nitrogens with one attached hydrogen (secondary N) is 1. The van der Waals surface area contributed by atoms with Gasteiger partial charge in [-0.1, -0.05) is 61.2 Å². The molecule has 0 radical (unpaired) electrons. The first-order valence-corrected chi connectivity index (χ1v) is 12.9. The molecule has 37 heavy (non-hydrogen) atoms. The number of thiazole rings is 1. The van der Waals surface area contributed by atoms with Crippen molar-refractivity contribution in [3.05, 3.63) is 74.7 Å². The van der Waals surface area contributed by atoms with Crippen molar-refractivity contribution in [2.24, 2.45) is 5.92 Å². The number of para-hydroxylation sites is 1. The van der Waals surface area contributed by atoms with Gasteiger partial charge in [0.05, 0.1) is 22.2 Å². The molecule has 3 heterocycles. The molecule has 2 atom stereocenters. The molecular weight excluding hydrogens is 527 g/mol. The molecule has 0 aliphatic carbocycles. The van der Waals surface area contributed by atoms with Crippen molar-refractivity contribution in [1.82, 2.24) is 4.57 Å². The third-order valence-electron chi connectivity index (χ3n) is 6.49. The smallest absolute Gasteiger partial charge is 0.325 e. The molecule has 1 fully saturated rings. The Kier molecular flexibility index (Phi) is 6.06. The Morgan fingerprint density at radius 1 is 1.03 bits per heavy atom. The SMILES string of the molecule is CC1(C)c2sc(=O)n(CC(=O)Nc3ccccc3)c2SC2C(=O)N(c3cccc(C(F)(F)F)c3)C(=O)C21. The number of nitrogens with zero attached hydrogens (tertiary/aromatic N) is 2. The lowest BCUT2D eigenvalue weighted by Crippen LogP contribution is -2.42. The minimum Gasteiger partial charge on any atom is -0.325 e. The predicted octanol–water partition coefficient (Wildman–Crippen LogP) is 4.51. The number of hydrogen-bond acceptors (Lipinski definition) is 6. The van der Waals surface area contributed by atoms with Gasteiger partial charge in [0.15, 0.2) is 0 Å². The molecular formula is C25H20F3N3O4S2. The summed E-state index contributed by atoms with van der Waals surface area (Å²) in [4.78, 5) is 53.4. The largest absolute Gasteiger partial charge is 0.416 e. The average Bonchev–Trinajstić information content (AvgIpc) is 3.28. The van der Waals surface area contributed by atoms with Crippen LogP contribution in [0.3, 0.4) is 0 Å². The van der Waals surface area contributed by atoms with Crippen LogP contribution >= 0.6 is 23.1 Å². The molecule has 0 spiro atoms. The van der Waals surface area contributed by atoms with E-state index in [2.05, 4.69) is 5.32 Å². The maximum absolute atomic E-state index is 13.5. The summed E-state index contributed by atoms with van der Waals surface area (Å²) in [7, 11) is 0. The highest BCUT2D eigenvalue weighted by Gasteiger charge is 2.59. The molecule has 1 N–H and O–H groups in total. The first kappa shape index (κ1) is 25.3. The van der Waals surface area contributed by atoms with E-state index in [9.17, 15) is 32.3 Å². The number of alkyl halides is 3. The highest BCUT2D eigenvalue weighted by atomic mass is 32.2. The van der Waals surface area contributed by atoms with Crippen molar-refractivity contribution in [3.63, 3.8) is 0 Å². The van der Waals surface area contributed by atoms with Gasteiger partial charge in [-0.15, -0.1) is 0 Å². The van der Waals surface area contributed by atoms with Crippen LogP contribution in [0.25, 0.3) is 0 Å². The minimum absolute atomic E-state index is 0.154. The van der Waals surface area contributed by atoms with Crippen LogP contribution in [0.1, 0.15) is 24.3 Å². The standard InChI is InChI=1S/C25H20F3N3O4S2/c1-24(2)17-18(21(34)31(20(17)33)15-10-6-7-13(11-15)25(26,27)28)36-22-19(24)37-23(35)30(22)12-16(32)29-14-8-4-3-5-9-14/h3-11,17-18H,12H2,1-2H3,(H,29,32). The molecule has 3 aromatic rings. The molecule has 12 heteroatoms. The fraction of sp³-hybridized carbons (Fsp3) is 0.280. The van der Waals surface area contributed by atoms with E-state index < -0.39 is 50.9 Å². The summed E-state index contributed by atoms with van der Waals surface area (Å²) in [6, 6.07) is 12.8. The van der Waals surface area contributed by atoms with Gasteiger partial charge in [0, 0.05) is 16.0 Å². The first-order valence-electron chi connectivity index (χ1n) is 11.2. The van der Waals surface area contributed by atoms with Crippen LogP contribution in [-0.2, 0) is 32.5 Å². The second-order valence-electron chi connectivity index (χ2n) is 9.30. The summed E-state index contributed by atoms with van der Waals surface area (Å²) in [6.45, 7) is 3.17. The highest BCUT2D eigenvalue weighted by molar-refractivity contribution is 8.00. The maximum Gasteiger partial charge on any atom is 0.416 e. The maximum atomic E-state index is 13.5.